The molecule has 0 fully saturated rings. The van der Waals surface area contributed by atoms with Crippen LogP contribution in [0.3, 0.4) is 0 Å². The Morgan fingerprint density at radius 1 is 1.23 bits per heavy atom. The minimum absolute atomic E-state index is 0.115. The predicted octanol–water partition coefficient (Wildman–Crippen LogP) is 3.81. The van der Waals surface area contributed by atoms with Gasteiger partial charge in [-0.2, -0.15) is 0 Å². The van der Waals surface area contributed by atoms with Crippen molar-refractivity contribution in [2.45, 2.75) is 45.3 Å². The van der Waals surface area contributed by atoms with Gasteiger partial charge in [0.05, 0.1) is 13.2 Å². The molecule has 0 bridgehead atoms. The van der Waals surface area contributed by atoms with Gasteiger partial charge in [-0.15, -0.1) is 0 Å². The number of aryl methyl sites for hydroxylation is 1. The highest BCUT2D eigenvalue weighted by molar-refractivity contribution is 5.82. The fraction of sp³-hybridized carbons (Fsp3) is 0.333. The number of carbonyl (C=O) groups excluding carboxylic acids is 1. The van der Waals surface area contributed by atoms with Crippen LogP contribution in [0.2, 0.25) is 0 Å². The monoisotopic (exact) mass is 427 g/mol. The minimum Gasteiger partial charge on any atom is -0.497 e. The fourth-order valence-electron chi connectivity index (χ4n) is 3.59. The summed E-state index contributed by atoms with van der Waals surface area (Å²) in [6.07, 6.45) is -0.168. The molecular weight excluding hydrogens is 401 g/mol. The average molecular weight is 427 g/mol. The highest BCUT2D eigenvalue weighted by Crippen LogP contribution is 2.24. The summed E-state index contributed by atoms with van der Waals surface area (Å²) in [5.41, 5.74) is 1.81. The maximum atomic E-state index is 13.0. The molecule has 6 nitrogen and oxygen atoms in total. The van der Waals surface area contributed by atoms with E-state index in [2.05, 4.69) is 5.32 Å². The van der Waals surface area contributed by atoms with E-state index in [1.165, 1.54) is 24.3 Å². The van der Waals surface area contributed by atoms with Crippen molar-refractivity contribution in [1.82, 2.24) is 5.32 Å². The van der Waals surface area contributed by atoms with Crippen LogP contribution >= 0.6 is 0 Å². The molecule has 2 aromatic carbocycles. The number of fused-ring (bicyclic) bond motifs is 1. The zero-order valence-electron chi connectivity index (χ0n) is 17.8. The van der Waals surface area contributed by atoms with Gasteiger partial charge < -0.3 is 19.6 Å². The summed E-state index contributed by atoms with van der Waals surface area (Å²) >= 11 is 0. The van der Waals surface area contributed by atoms with E-state index in [0.29, 0.717) is 22.5 Å². The van der Waals surface area contributed by atoms with Crippen molar-refractivity contribution >= 4 is 16.9 Å². The normalized spacial score (nSPS) is 13.1. The van der Waals surface area contributed by atoms with Crippen LogP contribution in [0.25, 0.3) is 11.0 Å². The number of rotatable bonds is 8. The van der Waals surface area contributed by atoms with E-state index in [1.807, 2.05) is 13.0 Å². The number of ether oxygens (including phenoxy) is 1. The van der Waals surface area contributed by atoms with Crippen LogP contribution in [0.5, 0.6) is 5.75 Å². The van der Waals surface area contributed by atoms with Gasteiger partial charge in [0.15, 0.2) is 0 Å². The van der Waals surface area contributed by atoms with Crippen molar-refractivity contribution in [2.24, 2.45) is 0 Å². The zero-order chi connectivity index (χ0) is 22.5. The van der Waals surface area contributed by atoms with Crippen LogP contribution in [-0.2, 0) is 11.2 Å². The Hall–Kier alpha value is -3.19. The molecule has 1 amide bonds. The molecule has 0 saturated heterocycles. The number of carbonyl (C=O) groups is 1. The van der Waals surface area contributed by atoms with Gasteiger partial charge in [-0.3, -0.25) is 4.79 Å². The molecule has 0 unspecified atom stereocenters. The van der Waals surface area contributed by atoms with Crippen molar-refractivity contribution in [1.29, 1.82) is 0 Å². The fourth-order valence-corrected chi connectivity index (χ4v) is 3.59. The Morgan fingerprint density at radius 2 is 1.94 bits per heavy atom. The van der Waals surface area contributed by atoms with E-state index >= 15 is 0 Å². The number of amides is 1. The topological polar surface area (TPSA) is 88.8 Å². The molecule has 3 aromatic rings. The Balaban J connectivity index is 1.60. The second-order valence-electron chi connectivity index (χ2n) is 7.63. The summed E-state index contributed by atoms with van der Waals surface area (Å²) in [6, 6.07) is 10.6. The zero-order valence-corrected chi connectivity index (χ0v) is 17.8. The smallest absolute Gasteiger partial charge is 0.339 e. The maximum absolute atomic E-state index is 13.0. The molecule has 0 aliphatic rings. The number of methoxy groups -OCH3 is 1. The number of aliphatic hydroxyl groups excluding tert-OH is 1. The molecule has 0 radical (unpaired) electrons. The molecule has 0 aliphatic carbocycles. The van der Waals surface area contributed by atoms with Gasteiger partial charge >= 0.3 is 5.63 Å². The molecule has 1 heterocycles. The van der Waals surface area contributed by atoms with E-state index in [1.54, 1.807) is 26.2 Å². The molecule has 1 aromatic heterocycles. The maximum Gasteiger partial charge on any atom is 0.339 e. The highest BCUT2D eigenvalue weighted by atomic mass is 19.1. The molecule has 0 saturated carbocycles. The van der Waals surface area contributed by atoms with Crippen LogP contribution in [0.4, 0.5) is 4.39 Å². The Morgan fingerprint density at radius 3 is 2.61 bits per heavy atom. The molecule has 7 heteroatoms. The van der Waals surface area contributed by atoms with Crippen molar-refractivity contribution in [3.63, 3.8) is 0 Å². The summed E-state index contributed by atoms with van der Waals surface area (Å²) in [5, 5.41) is 13.9. The SMILES string of the molecule is COc1ccc2c(C)c(CCC(=O)N[C@@H](C)C[C@@H](O)c3ccc(F)cc3)c(=O)oc2c1. The molecule has 3 rings (SSSR count). The third-order valence-corrected chi connectivity index (χ3v) is 5.34. The van der Waals surface area contributed by atoms with E-state index in [9.17, 15) is 19.1 Å². The summed E-state index contributed by atoms with van der Waals surface area (Å²) in [7, 11) is 1.54. The second kappa shape index (κ2) is 9.75. The predicted molar refractivity (Wildman–Crippen MR) is 116 cm³/mol. The molecule has 0 spiro atoms. The van der Waals surface area contributed by atoms with Gasteiger partial charge in [0.25, 0.3) is 0 Å². The number of nitrogens with one attached hydrogen (secondary N) is 1. The molecule has 164 valence electrons. The molecule has 2 N–H and O–H groups in total. The van der Waals surface area contributed by atoms with Crippen molar-refractivity contribution in [2.75, 3.05) is 7.11 Å². The first-order chi connectivity index (χ1) is 14.8. The lowest BCUT2D eigenvalue weighted by atomic mass is 10.0. The lowest BCUT2D eigenvalue weighted by Gasteiger charge is -2.18. The summed E-state index contributed by atoms with van der Waals surface area (Å²) in [6.45, 7) is 3.62. The van der Waals surface area contributed by atoms with Crippen LogP contribution in [0.15, 0.2) is 51.7 Å². The quantitative estimate of drug-likeness (QED) is 0.534. The minimum atomic E-state index is -0.817. The standard InChI is InChI=1S/C24H26FNO5/c1-14(12-21(27)16-4-6-17(25)7-5-16)26-23(28)11-10-20-15(2)19-9-8-18(30-3)13-22(19)31-24(20)29/h4-9,13-14,21,27H,10-12H2,1-3H3,(H,26,28)/t14-,21+/m0/s1. The molecule has 2 atom stereocenters. The third kappa shape index (κ3) is 5.49. The Labute approximate surface area is 179 Å². The van der Waals surface area contributed by atoms with E-state index in [-0.39, 0.29) is 37.0 Å². The Kier molecular flexibility index (Phi) is 7.07. The first-order valence-corrected chi connectivity index (χ1v) is 10.1. The van der Waals surface area contributed by atoms with Gasteiger partial charge in [-0.25, -0.2) is 9.18 Å². The van der Waals surface area contributed by atoms with E-state index in [4.69, 9.17) is 9.15 Å². The first-order valence-electron chi connectivity index (χ1n) is 10.1. The summed E-state index contributed by atoms with van der Waals surface area (Å²) in [4.78, 5) is 24.8. The van der Waals surface area contributed by atoms with Gasteiger partial charge in [0.1, 0.15) is 17.1 Å². The Bertz CT molecular complexity index is 1120. The van der Waals surface area contributed by atoms with Gasteiger partial charge in [0, 0.05) is 29.5 Å². The van der Waals surface area contributed by atoms with Gasteiger partial charge in [0.2, 0.25) is 5.91 Å². The molecular formula is C24H26FNO5. The lowest BCUT2D eigenvalue weighted by Crippen LogP contribution is -2.34. The number of hydrogen-bond acceptors (Lipinski definition) is 5. The highest BCUT2D eigenvalue weighted by Gasteiger charge is 2.17. The second-order valence-corrected chi connectivity index (χ2v) is 7.63. The van der Waals surface area contributed by atoms with E-state index in [0.717, 1.165) is 10.9 Å². The van der Waals surface area contributed by atoms with E-state index < -0.39 is 11.7 Å². The largest absolute Gasteiger partial charge is 0.497 e. The average Bonchev–Trinajstić information content (AvgIpc) is 2.73. The number of halogens is 1. The first kappa shape index (κ1) is 22.5. The van der Waals surface area contributed by atoms with Crippen LogP contribution in [-0.4, -0.2) is 24.2 Å². The van der Waals surface area contributed by atoms with Crippen LogP contribution < -0.4 is 15.7 Å². The van der Waals surface area contributed by atoms with Gasteiger partial charge in [-0.05, 0) is 62.1 Å². The number of hydrogen-bond donors (Lipinski definition) is 2. The summed E-state index contributed by atoms with van der Waals surface area (Å²) < 4.78 is 23.6. The lowest BCUT2D eigenvalue weighted by molar-refractivity contribution is -0.121. The van der Waals surface area contributed by atoms with Crippen molar-refractivity contribution < 1.29 is 23.4 Å². The van der Waals surface area contributed by atoms with Crippen LogP contribution in [0, 0.1) is 12.7 Å². The molecule has 0 aliphatic heterocycles. The number of aliphatic hydroxyl groups is 1. The molecule has 31 heavy (non-hydrogen) atoms. The van der Waals surface area contributed by atoms with Crippen LogP contribution in [0.1, 0.15) is 42.6 Å². The van der Waals surface area contributed by atoms with Crippen molar-refractivity contribution in [3.05, 3.63) is 75.4 Å². The van der Waals surface area contributed by atoms with Gasteiger partial charge in [-0.1, -0.05) is 12.1 Å². The number of benzene rings is 2. The third-order valence-electron chi connectivity index (χ3n) is 5.34. The van der Waals surface area contributed by atoms with Crippen molar-refractivity contribution in [3.8, 4) is 5.75 Å². The summed E-state index contributed by atoms with van der Waals surface area (Å²) in [5.74, 6) is -0.00340.